The molecule has 0 heterocycles. The Labute approximate surface area is 287 Å². The predicted octanol–water partition coefficient (Wildman–Crippen LogP) is 7.58. The number of halogens is 1. The predicted molar refractivity (Wildman–Crippen MR) is 187 cm³/mol. The molecule has 3 aromatic rings. The lowest BCUT2D eigenvalue weighted by Crippen LogP contribution is -2.47. The van der Waals surface area contributed by atoms with Crippen LogP contribution in [-0.4, -0.2) is 59.6 Å². The number of nitrogens with one attached hydrogen (secondary N) is 2. The van der Waals surface area contributed by atoms with Gasteiger partial charge in [0.2, 0.25) is 0 Å². The van der Waals surface area contributed by atoms with E-state index in [9.17, 15) is 24.6 Å². The minimum Gasteiger partial charge on any atom is -0.496 e. The summed E-state index contributed by atoms with van der Waals surface area (Å²) in [6, 6.07) is 18.5. The van der Waals surface area contributed by atoms with Crippen molar-refractivity contribution < 1.29 is 34.1 Å². The molecular formula is C37H46ClN3O7. The number of amides is 3. The van der Waals surface area contributed by atoms with E-state index >= 15 is 0 Å². The van der Waals surface area contributed by atoms with Crippen LogP contribution in [0.2, 0.25) is 5.02 Å². The number of hydrogen-bond acceptors (Lipinski definition) is 6. The average molecular weight is 680 g/mol. The molecule has 10 nitrogen and oxygen atoms in total. The molecule has 3 aromatic carbocycles. The van der Waals surface area contributed by atoms with E-state index in [2.05, 4.69) is 10.6 Å². The maximum Gasteiger partial charge on any atom is 0.412 e. The van der Waals surface area contributed by atoms with Gasteiger partial charge < -0.3 is 30.3 Å². The van der Waals surface area contributed by atoms with Crippen LogP contribution in [0.25, 0.3) is 11.1 Å². The van der Waals surface area contributed by atoms with Crippen molar-refractivity contribution in [3.63, 3.8) is 0 Å². The van der Waals surface area contributed by atoms with Crippen LogP contribution in [-0.2, 0) is 17.8 Å². The lowest BCUT2D eigenvalue weighted by atomic mass is 9.89. The van der Waals surface area contributed by atoms with Crippen LogP contribution in [0.3, 0.4) is 0 Å². The molecule has 3 amide bonds. The maximum absolute atomic E-state index is 12.9. The fourth-order valence-corrected chi connectivity index (χ4v) is 6.31. The SMILES string of the molecule is COc1cc(C(=O)NCCCCc2ccc(-c3ccccc3)c(N(C(=O)O)C3CCC(NC(=O)OC(C)(C)C)CC3)c2)c(Cl)cc1CO. The number of unbranched alkanes of at least 4 members (excludes halogenated alkanes) is 1. The van der Waals surface area contributed by atoms with E-state index in [0.717, 1.165) is 23.1 Å². The van der Waals surface area contributed by atoms with Gasteiger partial charge in [-0.3, -0.25) is 9.69 Å². The van der Waals surface area contributed by atoms with Gasteiger partial charge in [-0.1, -0.05) is 54.1 Å². The third kappa shape index (κ3) is 9.87. The van der Waals surface area contributed by atoms with E-state index < -0.39 is 17.8 Å². The van der Waals surface area contributed by atoms with Crippen LogP contribution in [0.4, 0.5) is 15.3 Å². The Bertz CT molecular complexity index is 1570. The summed E-state index contributed by atoms with van der Waals surface area (Å²) in [5.41, 5.74) is 3.58. The number of hydrogen-bond donors (Lipinski definition) is 4. The van der Waals surface area contributed by atoms with Crippen LogP contribution in [0.5, 0.6) is 5.75 Å². The van der Waals surface area contributed by atoms with E-state index in [-0.39, 0.29) is 35.2 Å². The monoisotopic (exact) mass is 679 g/mol. The molecule has 1 aliphatic rings. The van der Waals surface area contributed by atoms with Crippen molar-refractivity contribution in [3.8, 4) is 16.9 Å². The van der Waals surface area contributed by atoms with E-state index in [1.165, 1.54) is 24.1 Å². The molecule has 0 aliphatic heterocycles. The van der Waals surface area contributed by atoms with Crippen LogP contribution >= 0.6 is 11.6 Å². The highest BCUT2D eigenvalue weighted by molar-refractivity contribution is 6.34. The fourth-order valence-electron chi connectivity index (χ4n) is 6.04. The lowest BCUT2D eigenvalue weighted by molar-refractivity contribution is 0.0490. The molecule has 0 atom stereocenters. The number of aliphatic hydroxyl groups is 1. The van der Waals surface area contributed by atoms with Gasteiger partial charge in [-0.25, -0.2) is 9.59 Å². The van der Waals surface area contributed by atoms with E-state index in [1.54, 1.807) is 0 Å². The average Bonchev–Trinajstić information content (AvgIpc) is 3.04. The zero-order chi connectivity index (χ0) is 34.8. The Morgan fingerprint density at radius 1 is 0.979 bits per heavy atom. The standard InChI is InChI=1S/C37H46ClN3O7/c1-37(2,3)48-35(44)40-27-14-16-28(17-15-27)41(36(45)46)32-20-24(13-18-29(32)25-11-6-5-7-12-25)10-8-9-19-39-34(43)30-22-33(47-4)26(23-42)21-31(30)38/h5-7,11-13,18,20-22,27-28,42H,8-10,14-17,19,23H2,1-4H3,(H,39,43)(H,40,44)(H,45,46). The molecule has 0 radical (unpaired) electrons. The molecule has 1 fully saturated rings. The summed E-state index contributed by atoms with van der Waals surface area (Å²) in [5, 5.41) is 26.1. The second-order valence-electron chi connectivity index (χ2n) is 13.0. The molecule has 1 saturated carbocycles. The minimum atomic E-state index is -1.02. The number of carboxylic acid groups (broad SMARTS) is 1. The lowest BCUT2D eigenvalue weighted by Gasteiger charge is -2.36. The summed E-state index contributed by atoms with van der Waals surface area (Å²) in [7, 11) is 1.47. The number of nitrogens with zero attached hydrogens (tertiary/aromatic N) is 1. The number of carbonyl (C=O) groups excluding carboxylic acids is 2. The van der Waals surface area contributed by atoms with Crippen LogP contribution in [0.1, 0.15) is 80.8 Å². The maximum atomic E-state index is 12.9. The van der Waals surface area contributed by atoms with Crippen LogP contribution < -0.4 is 20.3 Å². The van der Waals surface area contributed by atoms with Crippen molar-refractivity contribution in [1.29, 1.82) is 0 Å². The largest absolute Gasteiger partial charge is 0.496 e. The number of aliphatic hydroxyl groups excluding tert-OH is 1. The molecular weight excluding hydrogens is 634 g/mol. The van der Waals surface area contributed by atoms with Gasteiger partial charge in [0.25, 0.3) is 5.91 Å². The van der Waals surface area contributed by atoms with E-state index in [1.807, 2.05) is 69.3 Å². The topological polar surface area (TPSA) is 137 Å². The minimum absolute atomic E-state index is 0.0786. The van der Waals surface area contributed by atoms with Crippen LogP contribution in [0.15, 0.2) is 60.7 Å². The quantitative estimate of drug-likeness (QED) is 0.145. The van der Waals surface area contributed by atoms with Gasteiger partial charge in [-0.2, -0.15) is 0 Å². The molecule has 0 unspecified atom stereocenters. The molecule has 0 aromatic heterocycles. The first-order valence-corrected chi connectivity index (χ1v) is 16.7. The number of ether oxygens (including phenoxy) is 2. The number of benzene rings is 3. The molecule has 11 heteroatoms. The molecule has 258 valence electrons. The molecule has 0 bridgehead atoms. The summed E-state index contributed by atoms with van der Waals surface area (Å²) in [6.07, 6.45) is 3.16. The number of aryl methyl sites for hydroxylation is 1. The Hall–Kier alpha value is -4.28. The Morgan fingerprint density at radius 2 is 1.69 bits per heavy atom. The van der Waals surface area contributed by atoms with Crippen molar-refractivity contribution >= 4 is 35.4 Å². The van der Waals surface area contributed by atoms with Crippen molar-refractivity contribution in [2.24, 2.45) is 0 Å². The number of carbonyl (C=O) groups is 3. The first-order valence-electron chi connectivity index (χ1n) is 16.4. The van der Waals surface area contributed by atoms with Gasteiger partial charge in [0.15, 0.2) is 0 Å². The van der Waals surface area contributed by atoms with E-state index in [0.29, 0.717) is 62.1 Å². The van der Waals surface area contributed by atoms with Gasteiger partial charge in [-0.15, -0.1) is 0 Å². The number of rotatable bonds is 12. The van der Waals surface area contributed by atoms with Crippen molar-refractivity contribution in [1.82, 2.24) is 10.6 Å². The molecule has 4 rings (SSSR count). The normalized spacial score (nSPS) is 16.1. The summed E-state index contributed by atoms with van der Waals surface area (Å²) in [4.78, 5) is 39.5. The second kappa shape index (κ2) is 16.7. The molecule has 48 heavy (non-hydrogen) atoms. The number of methoxy groups -OCH3 is 1. The highest BCUT2D eigenvalue weighted by atomic mass is 35.5. The first-order chi connectivity index (χ1) is 22.9. The highest BCUT2D eigenvalue weighted by Gasteiger charge is 2.32. The van der Waals surface area contributed by atoms with Crippen molar-refractivity contribution in [2.75, 3.05) is 18.6 Å². The van der Waals surface area contributed by atoms with Gasteiger partial charge in [-0.05, 0) is 95.0 Å². The van der Waals surface area contributed by atoms with Crippen molar-refractivity contribution in [3.05, 3.63) is 82.4 Å². The Morgan fingerprint density at radius 3 is 2.31 bits per heavy atom. The van der Waals surface area contributed by atoms with Gasteiger partial charge in [0.1, 0.15) is 11.4 Å². The van der Waals surface area contributed by atoms with Gasteiger partial charge in [0, 0.05) is 29.8 Å². The smallest absolute Gasteiger partial charge is 0.412 e. The van der Waals surface area contributed by atoms with Crippen LogP contribution in [0, 0.1) is 0 Å². The van der Waals surface area contributed by atoms with E-state index in [4.69, 9.17) is 21.1 Å². The zero-order valence-electron chi connectivity index (χ0n) is 28.1. The molecule has 1 aliphatic carbocycles. The van der Waals surface area contributed by atoms with Gasteiger partial charge >= 0.3 is 12.2 Å². The summed E-state index contributed by atoms with van der Waals surface area (Å²) >= 11 is 6.28. The zero-order valence-corrected chi connectivity index (χ0v) is 28.8. The summed E-state index contributed by atoms with van der Waals surface area (Å²) in [6.45, 7) is 5.63. The molecule has 0 saturated heterocycles. The molecule has 0 spiro atoms. The van der Waals surface area contributed by atoms with Gasteiger partial charge in [0.05, 0.1) is 30.0 Å². The van der Waals surface area contributed by atoms with Crippen molar-refractivity contribution in [2.45, 2.75) is 90.0 Å². The Balaban J connectivity index is 1.43. The first kappa shape index (κ1) is 36.6. The molecule has 4 N–H and O–H groups in total. The second-order valence-corrected chi connectivity index (χ2v) is 13.4. The summed E-state index contributed by atoms with van der Waals surface area (Å²) in [5.74, 6) is 0.0631. The number of anilines is 1. The number of alkyl carbamates (subject to hydrolysis) is 1. The summed E-state index contributed by atoms with van der Waals surface area (Å²) < 4.78 is 10.7. The third-order valence-corrected chi connectivity index (χ3v) is 8.67. The Kier molecular flexibility index (Phi) is 12.7. The highest BCUT2D eigenvalue weighted by Crippen LogP contribution is 2.37. The fraction of sp³-hybridized carbons (Fsp3) is 0.432. The third-order valence-electron chi connectivity index (χ3n) is 8.36.